The van der Waals surface area contributed by atoms with Gasteiger partial charge in [0.1, 0.15) is 0 Å². The monoisotopic (exact) mass is 299 g/mol. The summed E-state index contributed by atoms with van der Waals surface area (Å²) in [7, 11) is 0. The van der Waals surface area contributed by atoms with E-state index in [-0.39, 0.29) is 6.42 Å². The fourth-order valence-electron chi connectivity index (χ4n) is 2.58. The molecule has 4 heteroatoms. The summed E-state index contributed by atoms with van der Waals surface area (Å²) in [5, 5.41) is 10.8. The van der Waals surface area contributed by atoms with Gasteiger partial charge in [0.2, 0.25) is 0 Å². The maximum Gasteiger partial charge on any atom is 0.307 e. The number of nitrogens with zero attached hydrogens (tertiary/aromatic N) is 1. The highest BCUT2D eigenvalue weighted by atomic mass is 35.5. The van der Waals surface area contributed by atoms with E-state index in [2.05, 4.69) is 4.57 Å². The Hall–Kier alpha value is -2.26. The van der Waals surface area contributed by atoms with Crippen molar-refractivity contribution in [3.8, 4) is 0 Å². The molecule has 0 aliphatic rings. The normalized spacial score (nSPS) is 10.9. The quantitative estimate of drug-likeness (QED) is 0.792. The minimum atomic E-state index is -0.821. The summed E-state index contributed by atoms with van der Waals surface area (Å²) in [5.74, 6) is -0.821. The van der Waals surface area contributed by atoms with Crippen molar-refractivity contribution in [2.45, 2.75) is 13.0 Å². The summed E-state index contributed by atoms with van der Waals surface area (Å²) < 4.78 is 2.05. The van der Waals surface area contributed by atoms with Gasteiger partial charge in [-0.25, -0.2) is 0 Å². The van der Waals surface area contributed by atoms with Gasteiger partial charge in [0.15, 0.2) is 0 Å². The zero-order valence-corrected chi connectivity index (χ0v) is 12.0. The molecule has 0 saturated carbocycles. The van der Waals surface area contributed by atoms with Crippen molar-refractivity contribution in [2.24, 2.45) is 0 Å². The molecule has 0 aliphatic carbocycles. The van der Waals surface area contributed by atoms with E-state index in [4.69, 9.17) is 16.7 Å². The van der Waals surface area contributed by atoms with Crippen LogP contribution in [0.5, 0.6) is 0 Å². The minimum absolute atomic E-state index is 0.0309. The van der Waals surface area contributed by atoms with Gasteiger partial charge < -0.3 is 9.67 Å². The molecule has 1 N–H and O–H groups in total. The third-order valence-corrected chi connectivity index (χ3v) is 3.84. The van der Waals surface area contributed by atoms with E-state index < -0.39 is 5.97 Å². The molecule has 0 saturated heterocycles. The Kier molecular flexibility index (Phi) is 3.67. The van der Waals surface area contributed by atoms with E-state index in [1.54, 1.807) is 0 Å². The van der Waals surface area contributed by atoms with Gasteiger partial charge in [-0.1, -0.05) is 48.0 Å². The van der Waals surface area contributed by atoms with Gasteiger partial charge in [0, 0.05) is 18.1 Å². The molecule has 0 radical (unpaired) electrons. The number of hydrogen-bond acceptors (Lipinski definition) is 1. The van der Waals surface area contributed by atoms with Crippen LogP contribution in [-0.2, 0) is 17.8 Å². The molecule has 21 heavy (non-hydrogen) atoms. The van der Waals surface area contributed by atoms with E-state index in [1.807, 2.05) is 54.7 Å². The van der Waals surface area contributed by atoms with Gasteiger partial charge in [0.05, 0.1) is 17.0 Å². The van der Waals surface area contributed by atoms with Crippen LogP contribution in [0.2, 0.25) is 5.02 Å². The molecular weight excluding hydrogens is 286 g/mol. The number of aliphatic carboxylic acids is 1. The third kappa shape index (κ3) is 2.78. The number of aromatic nitrogens is 1. The van der Waals surface area contributed by atoms with Crippen LogP contribution in [0, 0.1) is 0 Å². The lowest BCUT2D eigenvalue weighted by atomic mass is 10.0. The average Bonchev–Trinajstić information content (AvgIpc) is 2.85. The Morgan fingerprint density at radius 3 is 2.57 bits per heavy atom. The van der Waals surface area contributed by atoms with Crippen molar-refractivity contribution in [1.29, 1.82) is 0 Å². The molecule has 2 aromatic carbocycles. The number of carboxylic acid groups (broad SMARTS) is 1. The predicted octanol–water partition coefficient (Wildman–Crippen LogP) is 3.97. The molecule has 106 valence electrons. The second-order valence-corrected chi connectivity index (χ2v) is 5.37. The summed E-state index contributed by atoms with van der Waals surface area (Å²) >= 11 is 6.28. The first-order chi connectivity index (χ1) is 10.1. The van der Waals surface area contributed by atoms with Crippen LogP contribution in [0.3, 0.4) is 0 Å². The Morgan fingerprint density at radius 1 is 1.05 bits per heavy atom. The summed E-state index contributed by atoms with van der Waals surface area (Å²) in [6, 6.07) is 15.4. The molecular formula is C17H14ClNO2. The fraction of sp³-hybridized carbons (Fsp3) is 0.118. The van der Waals surface area contributed by atoms with E-state index in [0.29, 0.717) is 11.6 Å². The highest BCUT2D eigenvalue weighted by Crippen LogP contribution is 2.25. The van der Waals surface area contributed by atoms with E-state index >= 15 is 0 Å². The van der Waals surface area contributed by atoms with Crippen molar-refractivity contribution >= 4 is 28.5 Å². The first-order valence-electron chi connectivity index (χ1n) is 6.67. The Morgan fingerprint density at radius 2 is 1.81 bits per heavy atom. The van der Waals surface area contributed by atoms with Crippen LogP contribution in [0.1, 0.15) is 11.1 Å². The second-order valence-electron chi connectivity index (χ2n) is 4.96. The topological polar surface area (TPSA) is 42.2 Å². The summed E-state index contributed by atoms with van der Waals surface area (Å²) in [6.45, 7) is 0.608. The first-order valence-corrected chi connectivity index (χ1v) is 7.05. The van der Waals surface area contributed by atoms with Crippen molar-refractivity contribution in [3.63, 3.8) is 0 Å². The van der Waals surface area contributed by atoms with Gasteiger partial charge in [-0.2, -0.15) is 0 Å². The average molecular weight is 300 g/mol. The van der Waals surface area contributed by atoms with Gasteiger partial charge in [0.25, 0.3) is 0 Å². The zero-order valence-electron chi connectivity index (χ0n) is 11.3. The van der Waals surface area contributed by atoms with Crippen molar-refractivity contribution in [3.05, 3.63) is 70.9 Å². The van der Waals surface area contributed by atoms with Crippen LogP contribution in [0.4, 0.5) is 0 Å². The molecule has 0 amide bonds. The smallest absolute Gasteiger partial charge is 0.307 e. The molecule has 0 fully saturated rings. The van der Waals surface area contributed by atoms with Crippen LogP contribution in [0.15, 0.2) is 54.7 Å². The lowest BCUT2D eigenvalue weighted by Gasteiger charge is -2.11. The highest BCUT2D eigenvalue weighted by Gasteiger charge is 2.09. The van der Waals surface area contributed by atoms with Crippen LogP contribution in [0.25, 0.3) is 10.9 Å². The number of hydrogen-bond donors (Lipinski definition) is 1. The molecule has 0 aliphatic heterocycles. The SMILES string of the molecule is O=C(O)Cc1ccccc1Cn1ccc2cccc(Cl)c21. The standard InChI is InChI=1S/C17H14ClNO2/c18-15-7-3-6-12-8-9-19(17(12)15)11-14-5-2-1-4-13(14)10-16(20)21/h1-9H,10-11H2,(H,20,21). The molecule has 0 atom stereocenters. The van der Waals surface area contributed by atoms with Gasteiger partial charge in [-0.05, 0) is 23.3 Å². The molecule has 3 rings (SSSR count). The van der Waals surface area contributed by atoms with E-state index in [0.717, 1.165) is 22.0 Å². The van der Waals surface area contributed by atoms with Gasteiger partial charge in [-0.15, -0.1) is 0 Å². The zero-order chi connectivity index (χ0) is 14.8. The third-order valence-electron chi connectivity index (χ3n) is 3.54. The van der Waals surface area contributed by atoms with Crippen LogP contribution in [-0.4, -0.2) is 15.6 Å². The number of rotatable bonds is 4. The summed E-state index contributed by atoms with van der Waals surface area (Å²) in [4.78, 5) is 11.0. The minimum Gasteiger partial charge on any atom is -0.481 e. The van der Waals surface area contributed by atoms with Gasteiger partial charge in [-0.3, -0.25) is 4.79 Å². The van der Waals surface area contributed by atoms with Crippen LogP contribution < -0.4 is 0 Å². The Labute approximate surface area is 127 Å². The maximum atomic E-state index is 11.0. The van der Waals surface area contributed by atoms with Crippen LogP contribution >= 0.6 is 11.6 Å². The Balaban J connectivity index is 2.01. The number of benzene rings is 2. The maximum absolute atomic E-state index is 11.0. The number of carboxylic acids is 1. The highest BCUT2D eigenvalue weighted by molar-refractivity contribution is 6.35. The molecule has 1 heterocycles. The summed E-state index contributed by atoms with van der Waals surface area (Å²) in [5.41, 5.74) is 2.81. The second kappa shape index (κ2) is 5.62. The molecule has 0 spiro atoms. The number of carbonyl (C=O) groups is 1. The molecule has 3 aromatic rings. The molecule has 3 nitrogen and oxygen atoms in total. The number of para-hydroxylation sites is 1. The summed E-state index contributed by atoms with van der Waals surface area (Å²) in [6.07, 6.45) is 2.01. The number of fused-ring (bicyclic) bond motifs is 1. The largest absolute Gasteiger partial charge is 0.481 e. The van der Waals surface area contributed by atoms with Crippen molar-refractivity contribution < 1.29 is 9.90 Å². The Bertz CT molecular complexity index is 807. The van der Waals surface area contributed by atoms with E-state index in [9.17, 15) is 4.79 Å². The molecule has 1 aromatic heterocycles. The van der Waals surface area contributed by atoms with E-state index in [1.165, 1.54) is 0 Å². The van der Waals surface area contributed by atoms with Crippen molar-refractivity contribution in [1.82, 2.24) is 4.57 Å². The lowest BCUT2D eigenvalue weighted by molar-refractivity contribution is -0.136. The number of halogens is 1. The molecule has 0 unspecified atom stereocenters. The molecule has 0 bridgehead atoms. The van der Waals surface area contributed by atoms with Crippen molar-refractivity contribution in [2.75, 3.05) is 0 Å². The lowest BCUT2D eigenvalue weighted by Crippen LogP contribution is -2.06. The van der Waals surface area contributed by atoms with Gasteiger partial charge >= 0.3 is 5.97 Å². The predicted molar refractivity (Wildman–Crippen MR) is 83.8 cm³/mol. The fourth-order valence-corrected chi connectivity index (χ4v) is 2.87. The first kappa shape index (κ1) is 13.7.